The molecule has 7 heteroatoms. The number of anilines is 1. The monoisotopic (exact) mass is 409 g/mol. The van der Waals surface area contributed by atoms with Crippen LogP contribution in [0.3, 0.4) is 0 Å². The van der Waals surface area contributed by atoms with Crippen LogP contribution in [-0.2, 0) is 4.79 Å². The number of amides is 3. The normalized spacial score (nSPS) is 18.7. The predicted octanol–water partition coefficient (Wildman–Crippen LogP) is 2.98. The number of quaternary nitrogens is 1. The van der Waals surface area contributed by atoms with Gasteiger partial charge in [-0.2, -0.15) is 0 Å². The Morgan fingerprint density at radius 1 is 1.17 bits per heavy atom. The summed E-state index contributed by atoms with van der Waals surface area (Å²) >= 11 is 1.70. The third-order valence-corrected chi connectivity index (χ3v) is 6.74. The van der Waals surface area contributed by atoms with E-state index >= 15 is 0 Å². The van der Waals surface area contributed by atoms with E-state index in [0.717, 1.165) is 46.7 Å². The third kappa shape index (κ3) is 4.31. The van der Waals surface area contributed by atoms with Crippen molar-refractivity contribution in [1.82, 2.24) is 10.3 Å². The highest BCUT2D eigenvalue weighted by Gasteiger charge is 2.34. The first-order valence-corrected chi connectivity index (χ1v) is 10.7. The van der Waals surface area contributed by atoms with E-state index in [-0.39, 0.29) is 18.5 Å². The number of carbonyl (C=O) groups excluding carboxylic acids is 2. The number of aryl methyl sites for hydroxylation is 1. The van der Waals surface area contributed by atoms with Crippen molar-refractivity contribution in [3.8, 4) is 0 Å². The van der Waals surface area contributed by atoms with Crippen LogP contribution in [0.5, 0.6) is 0 Å². The highest BCUT2D eigenvalue weighted by molar-refractivity contribution is 7.18. The summed E-state index contributed by atoms with van der Waals surface area (Å²) in [5.41, 5.74) is 3.82. The number of thiazole rings is 1. The second kappa shape index (κ2) is 8.31. The van der Waals surface area contributed by atoms with Gasteiger partial charge in [-0.3, -0.25) is 10.1 Å². The first kappa shape index (κ1) is 19.5. The molecule has 29 heavy (non-hydrogen) atoms. The van der Waals surface area contributed by atoms with E-state index in [0.29, 0.717) is 0 Å². The number of aromatic nitrogens is 1. The van der Waals surface area contributed by atoms with Gasteiger partial charge in [0.15, 0.2) is 11.6 Å². The van der Waals surface area contributed by atoms with Crippen LogP contribution >= 0.6 is 11.3 Å². The topological polar surface area (TPSA) is 75.5 Å². The number of nitrogens with zero attached hydrogens (tertiary/aromatic N) is 1. The standard InChI is InChI=1S/C22H24N4O2S/c1-14-7-5-9-16(15(14)2)24-22(28)25-20(27)13-26-12-6-10-18(26)21-23-17-8-3-4-11-19(17)29-21/h3-5,7-9,11,18H,6,10,12-13H2,1-2H3,(H2,24,25,27,28)/p+1/t18-/m1/s1. The lowest BCUT2D eigenvalue weighted by molar-refractivity contribution is -0.910. The highest BCUT2D eigenvalue weighted by atomic mass is 32.1. The Kier molecular flexibility index (Phi) is 5.60. The maximum absolute atomic E-state index is 12.5. The summed E-state index contributed by atoms with van der Waals surface area (Å²) < 4.78 is 1.17. The number of hydrogen-bond acceptors (Lipinski definition) is 4. The number of carbonyl (C=O) groups is 2. The van der Waals surface area contributed by atoms with Crippen molar-refractivity contribution in [3.63, 3.8) is 0 Å². The van der Waals surface area contributed by atoms with Crippen molar-refractivity contribution < 1.29 is 14.5 Å². The minimum atomic E-state index is -0.487. The van der Waals surface area contributed by atoms with E-state index in [1.165, 1.54) is 9.60 Å². The molecule has 1 aromatic heterocycles. The number of benzene rings is 2. The van der Waals surface area contributed by atoms with Gasteiger partial charge < -0.3 is 10.2 Å². The summed E-state index contributed by atoms with van der Waals surface area (Å²) in [6, 6.07) is 13.5. The van der Waals surface area contributed by atoms with Crippen LogP contribution in [0.2, 0.25) is 0 Å². The molecule has 2 atom stereocenters. The Morgan fingerprint density at radius 2 is 2.00 bits per heavy atom. The van der Waals surface area contributed by atoms with Gasteiger partial charge >= 0.3 is 6.03 Å². The number of nitrogens with one attached hydrogen (secondary N) is 3. The minimum Gasteiger partial charge on any atom is -0.319 e. The zero-order valence-electron chi connectivity index (χ0n) is 16.6. The van der Waals surface area contributed by atoms with Crippen molar-refractivity contribution in [3.05, 3.63) is 58.6 Å². The fourth-order valence-corrected chi connectivity index (χ4v) is 5.04. The Bertz CT molecular complexity index is 1030. The van der Waals surface area contributed by atoms with Gasteiger partial charge in [0.2, 0.25) is 0 Å². The maximum Gasteiger partial charge on any atom is 0.326 e. The van der Waals surface area contributed by atoms with E-state index in [2.05, 4.69) is 16.7 Å². The van der Waals surface area contributed by atoms with Crippen LogP contribution in [0.15, 0.2) is 42.5 Å². The van der Waals surface area contributed by atoms with E-state index in [1.807, 2.05) is 50.2 Å². The largest absolute Gasteiger partial charge is 0.326 e. The smallest absolute Gasteiger partial charge is 0.319 e. The molecule has 1 aliphatic rings. The second-order valence-corrected chi connectivity index (χ2v) is 8.61. The molecule has 0 bridgehead atoms. The number of likely N-dealkylation sites (tertiary alicyclic amines) is 1. The zero-order chi connectivity index (χ0) is 20.4. The van der Waals surface area contributed by atoms with Crippen LogP contribution in [-0.4, -0.2) is 30.0 Å². The SMILES string of the molecule is Cc1cccc(NC(=O)NC(=O)C[NH+]2CCC[C@@H]2c2nc3ccccc3s2)c1C. The molecule has 0 spiro atoms. The van der Waals surface area contributed by atoms with Gasteiger partial charge in [-0.05, 0) is 43.2 Å². The van der Waals surface area contributed by atoms with E-state index in [4.69, 9.17) is 4.98 Å². The summed E-state index contributed by atoms with van der Waals surface area (Å²) in [4.78, 5) is 30.7. The van der Waals surface area contributed by atoms with Crippen molar-refractivity contribution in [2.24, 2.45) is 0 Å². The summed E-state index contributed by atoms with van der Waals surface area (Å²) in [6.45, 7) is 5.11. The minimum absolute atomic E-state index is 0.209. The summed E-state index contributed by atoms with van der Waals surface area (Å²) in [5.74, 6) is -0.268. The molecule has 4 rings (SSSR count). The highest BCUT2D eigenvalue weighted by Crippen LogP contribution is 2.28. The lowest BCUT2D eigenvalue weighted by Crippen LogP contribution is -3.11. The van der Waals surface area contributed by atoms with Crippen molar-refractivity contribution in [1.29, 1.82) is 0 Å². The zero-order valence-corrected chi connectivity index (χ0v) is 17.4. The fourth-order valence-electron chi connectivity index (χ4n) is 3.88. The molecule has 2 heterocycles. The van der Waals surface area contributed by atoms with Crippen molar-refractivity contribution in [2.45, 2.75) is 32.7 Å². The van der Waals surface area contributed by atoms with Gasteiger partial charge in [0.25, 0.3) is 5.91 Å². The predicted molar refractivity (Wildman–Crippen MR) is 115 cm³/mol. The van der Waals surface area contributed by atoms with Crippen LogP contribution in [0, 0.1) is 13.8 Å². The molecule has 1 fully saturated rings. The first-order valence-electron chi connectivity index (χ1n) is 9.88. The quantitative estimate of drug-likeness (QED) is 0.620. The van der Waals surface area contributed by atoms with Crippen LogP contribution in [0.1, 0.15) is 35.0 Å². The number of urea groups is 1. The van der Waals surface area contributed by atoms with Crippen LogP contribution in [0.25, 0.3) is 10.2 Å². The lowest BCUT2D eigenvalue weighted by atomic mass is 10.1. The number of imide groups is 1. The average Bonchev–Trinajstić information content (AvgIpc) is 3.31. The van der Waals surface area contributed by atoms with E-state index < -0.39 is 6.03 Å². The van der Waals surface area contributed by atoms with Gasteiger partial charge in [0.05, 0.1) is 16.8 Å². The molecule has 0 aliphatic carbocycles. The second-order valence-electron chi connectivity index (χ2n) is 7.55. The number of fused-ring (bicyclic) bond motifs is 1. The summed E-state index contributed by atoms with van der Waals surface area (Å²) in [6.07, 6.45) is 2.06. The molecule has 3 aromatic rings. The third-order valence-electron chi connectivity index (χ3n) is 5.59. The lowest BCUT2D eigenvalue weighted by Gasteiger charge is -2.19. The van der Waals surface area contributed by atoms with Crippen molar-refractivity contribution >= 4 is 39.2 Å². The molecular weight excluding hydrogens is 384 g/mol. The average molecular weight is 410 g/mol. The van der Waals surface area contributed by atoms with E-state index in [9.17, 15) is 9.59 Å². The molecule has 0 saturated carbocycles. The van der Waals surface area contributed by atoms with Gasteiger partial charge in [0, 0.05) is 18.5 Å². The Balaban J connectivity index is 1.38. The molecule has 1 unspecified atom stereocenters. The van der Waals surface area contributed by atoms with E-state index in [1.54, 1.807) is 11.3 Å². The van der Waals surface area contributed by atoms with Crippen LogP contribution in [0.4, 0.5) is 10.5 Å². The number of rotatable bonds is 4. The Labute approximate surface area is 173 Å². The molecular formula is C22H25N4O2S+. The van der Waals surface area contributed by atoms with Gasteiger partial charge in [-0.25, -0.2) is 9.78 Å². The molecule has 3 amide bonds. The molecule has 1 saturated heterocycles. The van der Waals surface area contributed by atoms with Gasteiger partial charge in [-0.15, -0.1) is 11.3 Å². The first-order chi connectivity index (χ1) is 14.0. The summed E-state index contributed by atoms with van der Waals surface area (Å²) in [7, 11) is 0. The van der Waals surface area contributed by atoms with Crippen LogP contribution < -0.4 is 15.5 Å². The molecule has 150 valence electrons. The number of para-hydroxylation sites is 1. The molecule has 6 nitrogen and oxygen atoms in total. The Hall–Kier alpha value is -2.77. The molecule has 0 radical (unpaired) electrons. The molecule has 1 aliphatic heterocycles. The Morgan fingerprint density at radius 3 is 2.83 bits per heavy atom. The van der Waals surface area contributed by atoms with Gasteiger partial charge in [-0.1, -0.05) is 24.3 Å². The molecule has 3 N–H and O–H groups in total. The molecule has 2 aromatic carbocycles. The number of hydrogen-bond donors (Lipinski definition) is 3. The van der Waals surface area contributed by atoms with Gasteiger partial charge in [0.1, 0.15) is 6.04 Å². The van der Waals surface area contributed by atoms with Crippen molar-refractivity contribution in [2.75, 3.05) is 18.4 Å². The fraction of sp³-hybridized carbons (Fsp3) is 0.318. The summed E-state index contributed by atoms with van der Waals surface area (Å²) in [5, 5.41) is 6.33. The maximum atomic E-state index is 12.5.